The summed E-state index contributed by atoms with van der Waals surface area (Å²) in [6, 6.07) is 17.1. The number of aryl methyl sites for hydroxylation is 1. The summed E-state index contributed by atoms with van der Waals surface area (Å²) in [5, 5.41) is 1.67. The predicted molar refractivity (Wildman–Crippen MR) is 79.6 cm³/mol. The molecule has 1 aromatic heterocycles. The lowest BCUT2D eigenvalue weighted by Crippen LogP contribution is -2.18. The van der Waals surface area contributed by atoms with Gasteiger partial charge in [0.2, 0.25) is 0 Å². The number of halogens is 1. The minimum atomic E-state index is -0.0130. The molecule has 0 spiro atoms. The Bertz CT molecular complexity index is 820. The fraction of sp³-hybridized carbons (Fsp3) is 0.0625. The van der Waals surface area contributed by atoms with Crippen molar-refractivity contribution in [2.75, 3.05) is 0 Å². The Morgan fingerprint density at radius 2 is 1.79 bits per heavy atom. The molecule has 1 heterocycles. The first-order valence-corrected chi connectivity index (χ1v) is 6.39. The van der Waals surface area contributed by atoms with E-state index in [4.69, 9.17) is 11.6 Å². The van der Waals surface area contributed by atoms with Gasteiger partial charge in [0.05, 0.1) is 5.52 Å². The maximum Gasteiger partial charge on any atom is 0.258 e. The van der Waals surface area contributed by atoms with Crippen LogP contribution in [0.1, 0.15) is 0 Å². The zero-order valence-corrected chi connectivity index (χ0v) is 11.2. The molecule has 3 rings (SSSR count). The van der Waals surface area contributed by atoms with Gasteiger partial charge < -0.3 is 4.57 Å². The van der Waals surface area contributed by atoms with Gasteiger partial charge in [-0.3, -0.25) is 4.79 Å². The van der Waals surface area contributed by atoms with E-state index in [0.717, 1.165) is 16.5 Å². The van der Waals surface area contributed by atoms with Crippen LogP contribution in [0.2, 0.25) is 5.02 Å². The van der Waals surface area contributed by atoms with E-state index in [-0.39, 0.29) is 5.56 Å². The van der Waals surface area contributed by atoms with E-state index in [0.29, 0.717) is 10.6 Å². The zero-order valence-electron chi connectivity index (χ0n) is 10.4. The third kappa shape index (κ3) is 2.04. The number of hydrogen-bond donors (Lipinski definition) is 0. The van der Waals surface area contributed by atoms with Gasteiger partial charge in [-0.2, -0.15) is 0 Å². The van der Waals surface area contributed by atoms with Gasteiger partial charge in [0.1, 0.15) is 0 Å². The number of nitrogens with zero attached hydrogens (tertiary/aromatic N) is 1. The summed E-state index contributed by atoms with van der Waals surface area (Å²) in [7, 11) is 1.79. The van der Waals surface area contributed by atoms with Gasteiger partial charge in [-0.15, -0.1) is 0 Å². The Labute approximate surface area is 115 Å². The average molecular weight is 270 g/mol. The van der Waals surface area contributed by atoms with Crippen LogP contribution in [0.5, 0.6) is 0 Å². The molecule has 0 aliphatic rings. The number of fused-ring (bicyclic) bond motifs is 1. The van der Waals surface area contributed by atoms with E-state index in [9.17, 15) is 4.79 Å². The highest BCUT2D eigenvalue weighted by Gasteiger charge is 2.08. The Morgan fingerprint density at radius 1 is 1.00 bits per heavy atom. The van der Waals surface area contributed by atoms with Crippen molar-refractivity contribution in [2.45, 2.75) is 0 Å². The summed E-state index contributed by atoms with van der Waals surface area (Å²) >= 11 is 6.00. The maximum atomic E-state index is 12.4. The summed E-state index contributed by atoms with van der Waals surface area (Å²) in [5.74, 6) is 0. The minimum absolute atomic E-state index is 0.0130. The van der Waals surface area contributed by atoms with Crippen molar-refractivity contribution in [1.82, 2.24) is 4.57 Å². The summed E-state index contributed by atoms with van der Waals surface area (Å²) < 4.78 is 1.67. The smallest absolute Gasteiger partial charge is 0.258 e. The maximum absolute atomic E-state index is 12.4. The number of para-hydroxylation sites is 1. The molecule has 3 aromatic rings. The molecule has 0 aliphatic heterocycles. The SMILES string of the molecule is Cn1c(=O)c(-c2cccc(Cl)c2)cc2ccccc21. The zero-order chi connectivity index (χ0) is 13.4. The summed E-state index contributed by atoms with van der Waals surface area (Å²) in [6.07, 6.45) is 0. The largest absolute Gasteiger partial charge is 0.311 e. The second kappa shape index (κ2) is 4.56. The highest BCUT2D eigenvalue weighted by Crippen LogP contribution is 2.23. The van der Waals surface area contributed by atoms with Crippen LogP contribution < -0.4 is 5.56 Å². The van der Waals surface area contributed by atoms with Gasteiger partial charge in [-0.05, 0) is 35.2 Å². The molecule has 94 valence electrons. The number of benzene rings is 2. The molecular weight excluding hydrogens is 258 g/mol. The molecule has 0 bridgehead atoms. The molecule has 19 heavy (non-hydrogen) atoms. The molecule has 0 fully saturated rings. The topological polar surface area (TPSA) is 22.0 Å². The molecule has 0 saturated heterocycles. The first-order valence-electron chi connectivity index (χ1n) is 6.01. The summed E-state index contributed by atoms with van der Waals surface area (Å²) in [4.78, 5) is 12.4. The van der Waals surface area contributed by atoms with Crippen molar-refractivity contribution in [3.8, 4) is 11.1 Å². The molecular formula is C16H12ClNO. The quantitative estimate of drug-likeness (QED) is 0.657. The van der Waals surface area contributed by atoms with E-state index in [2.05, 4.69) is 0 Å². The van der Waals surface area contributed by atoms with E-state index >= 15 is 0 Å². The van der Waals surface area contributed by atoms with Crippen molar-refractivity contribution in [1.29, 1.82) is 0 Å². The van der Waals surface area contributed by atoms with Crippen LogP contribution in [0, 0.1) is 0 Å². The second-order valence-electron chi connectivity index (χ2n) is 4.49. The summed E-state index contributed by atoms with van der Waals surface area (Å²) in [5.41, 5.74) is 2.43. The molecule has 0 aliphatic carbocycles. The predicted octanol–water partition coefficient (Wildman–Crippen LogP) is 3.86. The van der Waals surface area contributed by atoms with E-state index in [1.165, 1.54) is 0 Å². The highest BCUT2D eigenvalue weighted by molar-refractivity contribution is 6.30. The van der Waals surface area contributed by atoms with Crippen molar-refractivity contribution >= 4 is 22.5 Å². The number of pyridine rings is 1. The van der Waals surface area contributed by atoms with Crippen molar-refractivity contribution < 1.29 is 0 Å². The average Bonchev–Trinajstić information content (AvgIpc) is 2.43. The van der Waals surface area contributed by atoms with Crippen LogP contribution in [0.4, 0.5) is 0 Å². The van der Waals surface area contributed by atoms with Gasteiger partial charge >= 0.3 is 0 Å². The molecule has 0 radical (unpaired) electrons. The third-order valence-electron chi connectivity index (χ3n) is 3.27. The lowest BCUT2D eigenvalue weighted by atomic mass is 10.0. The number of hydrogen-bond acceptors (Lipinski definition) is 1. The van der Waals surface area contributed by atoms with Gasteiger partial charge in [-0.1, -0.05) is 41.9 Å². The fourth-order valence-electron chi connectivity index (χ4n) is 2.29. The molecule has 3 heteroatoms. The van der Waals surface area contributed by atoms with Crippen molar-refractivity contribution in [3.63, 3.8) is 0 Å². The van der Waals surface area contributed by atoms with E-state index in [1.54, 1.807) is 17.7 Å². The molecule has 2 nitrogen and oxygen atoms in total. The van der Waals surface area contributed by atoms with Crippen LogP contribution in [0.3, 0.4) is 0 Å². The normalized spacial score (nSPS) is 10.8. The van der Waals surface area contributed by atoms with Crippen LogP contribution in [0.25, 0.3) is 22.0 Å². The van der Waals surface area contributed by atoms with Gasteiger partial charge in [-0.25, -0.2) is 0 Å². The lowest BCUT2D eigenvalue weighted by Gasteiger charge is -2.09. The van der Waals surface area contributed by atoms with E-state index < -0.39 is 0 Å². The first-order chi connectivity index (χ1) is 9.16. The molecule has 0 atom stereocenters. The lowest BCUT2D eigenvalue weighted by molar-refractivity contribution is 0.909. The van der Waals surface area contributed by atoms with Gasteiger partial charge in [0, 0.05) is 17.6 Å². The Morgan fingerprint density at radius 3 is 2.58 bits per heavy atom. The standard InChI is InChI=1S/C16H12ClNO/c1-18-15-8-3-2-5-12(15)10-14(16(18)19)11-6-4-7-13(17)9-11/h2-10H,1H3. The van der Waals surface area contributed by atoms with Crippen LogP contribution in [0.15, 0.2) is 59.4 Å². The first kappa shape index (κ1) is 12.0. The van der Waals surface area contributed by atoms with Gasteiger partial charge in [0.15, 0.2) is 0 Å². The number of aromatic nitrogens is 1. The molecule has 0 unspecified atom stereocenters. The fourth-order valence-corrected chi connectivity index (χ4v) is 2.48. The highest BCUT2D eigenvalue weighted by atomic mass is 35.5. The van der Waals surface area contributed by atoms with Crippen LogP contribution in [-0.2, 0) is 7.05 Å². The van der Waals surface area contributed by atoms with Crippen molar-refractivity contribution in [2.24, 2.45) is 7.05 Å². The number of rotatable bonds is 1. The second-order valence-corrected chi connectivity index (χ2v) is 4.93. The van der Waals surface area contributed by atoms with Crippen LogP contribution >= 0.6 is 11.6 Å². The molecule has 0 N–H and O–H groups in total. The summed E-state index contributed by atoms with van der Waals surface area (Å²) in [6.45, 7) is 0. The van der Waals surface area contributed by atoms with Gasteiger partial charge in [0.25, 0.3) is 5.56 Å². The molecule has 0 amide bonds. The Hall–Kier alpha value is -2.06. The third-order valence-corrected chi connectivity index (χ3v) is 3.50. The van der Waals surface area contributed by atoms with Crippen molar-refractivity contribution in [3.05, 3.63) is 70.0 Å². The van der Waals surface area contributed by atoms with E-state index in [1.807, 2.05) is 48.5 Å². The molecule has 0 saturated carbocycles. The Balaban J connectivity index is 2.36. The minimum Gasteiger partial charge on any atom is -0.311 e. The monoisotopic (exact) mass is 269 g/mol. The van der Waals surface area contributed by atoms with Crippen LogP contribution in [-0.4, -0.2) is 4.57 Å². The Kier molecular flexibility index (Phi) is 2.88. The molecule has 2 aromatic carbocycles.